The number of hydrogen-bond acceptors (Lipinski definition) is 0. The van der Waals surface area contributed by atoms with Crippen LogP contribution in [0.25, 0.3) is 55.8 Å². The molecule has 35 heavy (non-hydrogen) atoms. The van der Waals surface area contributed by atoms with Crippen LogP contribution in [-0.4, -0.2) is 4.57 Å². The van der Waals surface area contributed by atoms with E-state index in [-0.39, 0.29) is 0 Å². The standard InChI is InChI=1S/C33H24ClN/c1-2-23-9-11-24(12-10-23)26-15-19-32-30(21-26)31-22-27(25-13-17-28(34)18-14-25)16-20-33(31)35(32)29-7-5-3-4-6-8-29/h2-3,5-22H,1,4H2. The average molecular weight is 470 g/mol. The second-order valence-electron chi connectivity index (χ2n) is 8.79. The largest absolute Gasteiger partial charge is 0.309 e. The molecule has 1 aromatic heterocycles. The molecule has 0 atom stereocenters. The first-order chi connectivity index (χ1) is 17.2. The summed E-state index contributed by atoms with van der Waals surface area (Å²) in [7, 11) is 0. The van der Waals surface area contributed by atoms with Gasteiger partial charge in [-0.1, -0.05) is 91.0 Å². The molecule has 1 nitrogen and oxygen atoms in total. The van der Waals surface area contributed by atoms with E-state index in [1.165, 1.54) is 44.2 Å². The lowest BCUT2D eigenvalue weighted by molar-refractivity contribution is 1.24. The second-order valence-corrected chi connectivity index (χ2v) is 9.23. The number of rotatable bonds is 4. The van der Waals surface area contributed by atoms with Gasteiger partial charge in [-0.05, 0) is 82.8 Å². The molecule has 0 saturated carbocycles. The topological polar surface area (TPSA) is 4.93 Å². The molecule has 0 spiro atoms. The van der Waals surface area contributed by atoms with Crippen LogP contribution in [0.1, 0.15) is 12.0 Å². The van der Waals surface area contributed by atoms with Crippen LogP contribution in [0.3, 0.4) is 0 Å². The van der Waals surface area contributed by atoms with Gasteiger partial charge in [-0.2, -0.15) is 0 Å². The molecular weight excluding hydrogens is 446 g/mol. The summed E-state index contributed by atoms with van der Waals surface area (Å²) in [5, 5.41) is 3.22. The predicted molar refractivity (Wildman–Crippen MR) is 153 cm³/mol. The third kappa shape index (κ3) is 3.95. The summed E-state index contributed by atoms with van der Waals surface area (Å²) in [6.45, 7) is 3.87. The molecule has 1 heterocycles. The van der Waals surface area contributed by atoms with Gasteiger partial charge in [0.25, 0.3) is 0 Å². The van der Waals surface area contributed by atoms with Crippen LogP contribution in [0.15, 0.2) is 122 Å². The molecule has 6 rings (SSSR count). The highest BCUT2D eigenvalue weighted by Crippen LogP contribution is 2.37. The Morgan fingerprint density at radius 2 is 1.26 bits per heavy atom. The lowest BCUT2D eigenvalue weighted by Gasteiger charge is -2.09. The Kier molecular flexibility index (Phi) is 5.48. The first kappa shape index (κ1) is 21.5. The predicted octanol–water partition coefficient (Wildman–Crippen LogP) is 9.78. The van der Waals surface area contributed by atoms with Gasteiger partial charge in [-0.3, -0.25) is 0 Å². The third-order valence-corrected chi connectivity index (χ3v) is 6.90. The van der Waals surface area contributed by atoms with Crippen LogP contribution in [0.4, 0.5) is 0 Å². The minimum atomic E-state index is 0.749. The Bertz CT molecular complexity index is 1660. The zero-order chi connectivity index (χ0) is 23.8. The van der Waals surface area contributed by atoms with E-state index in [4.69, 9.17) is 11.6 Å². The lowest BCUT2D eigenvalue weighted by Crippen LogP contribution is -1.94. The summed E-state index contributed by atoms with van der Waals surface area (Å²) in [5.74, 6) is 0. The molecule has 0 aliphatic heterocycles. The van der Waals surface area contributed by atoms with Crippen molar-refractivity contribution in [3.63, 3.8) is 0 Å². The molecule has 0 radical (unpaired) electrons. The van der Waals surface area contributed by atoms with Gasteiger partial charge in [0.15, 0.2) is 0 Å². The summed E-state index contributed by atoms with van der Waals surface area (Å²) < 4.78 is 2.37. The van der Waals surface area contributed by atoms with Crippen molar-refractivity contribution < 1.29 is 0 Å². The smallest absolute Gasteiger partial charge is 0.0541 e. The van der Waals surface area contributed by atoms with Crippen LogP contribution in [-0.2, 0) is 0 Å². The van der Waals surface area contributed by atoms with E-state index in [0.717, 1.165) is 22.6 Å². The Hall–Kier alpha value is -4.07. The van der Waals surface area contributed by atoms with Crippen molar-refractivity contribution in [2.45, 2.75) is 6.42 Å². The molecule has 168 valence electrons. The molecule has 0 saturated heterocycles. The summed E-state index contributed by atoms with van der Waals surface area (Å²) in [5.41, 5.74) is 9.43. The molecule has 0 amide bonds. The maximum absolute atomic E-state index is 6.14. The van der Waals surface area contributed by atoms with Crippen LogP contribution >= 0.6 is 11.6 Å². The van der Waals surface area contributed by atoms with Gasteiger partial charge in [-0.25, -0.2) is 0 Å². The van der Waals surface area contributed by atoms with Crippen molar-refractivity contribution in [3.05, 3.63) is 132 Å². The van der Waals surface area contributed by atoms with Crippen LogP contribution in [0, 0.1) is 0 Å². The van der Waals surface area contributed by atoms with E-state index in [9.17, 15) is 0 Å². The highest BCUT2D eigenvalue weighted by molar-refractivity contribution is 6.30. The molecule has 0 bridgehead atoms. The number of allylic oxidation sites excluding steroid dienone is 6. The third-order valence-electron chi connectivity index (χ3n) is 6.64. The average Bonchev–Trinajstić information content (AvgIpc) is 3.03. The monoisotopic (exact) mass is 469 g/mol. The molecule has 2 heteroatoms. The van der Waals surface area contributed by atoms with Crippen molar-refractivity contribution in [2.75, 3.05) is 0 Å². The van der Waals surface area contributed by atoms with Crippen LogP contribution < -0.4 is 0 Å². The first-order valence-electron chi connectivity index (χ1n) is 11.8. The second kappa shape index (κ2) is 8.94. The van der Waals surface area contributed by atoms with Crippen LogP contribution in [0.2, 0.25) is 5.02 Å². The SMILES string of the molecule is C=Cc1ccc(-c2ccc3c(c2)c2cc(-c4ccc(Cl)cc4)ccc2n3C2=CC=CCC=C2)cc1. The van der Waals surface area contributed by atoms with Crippen LogP contribution in [0.5, 0.6) is 0 Å². The molecule has 1 aliphatic rings. The Labute approximate surface area is 210 Å². The van der Waals surface area contributed by atoms with E-state index in [1.807, 2.05) is 18.2 Å². The van der Waals surface area contributed by atoms with Gasteiger partial charge < -0.3 is 4.57 Å². The zero-order valence-corrected chi connectivity index (χ0v) is 20.0. The van der Waals surface area contributed by atoms with E-state index in [2.05, 4.69) is 114 Å². The maximum atomic E-state index is 6.14. The fourth-order valence-electron chi connectivity index (χ4n) is 4.83. The Morgan fingerprint density at radius 1 is 0.686 bits per heavy atom. The molecule has 0 fully saturated rings. The minimum Gasteiger partial charge on any atom is -0.309 e. The van der Waals surface area contributed by atoms with Gasteiger partial charge in [0.2, 0.25) is 0 Å². The molecule has 5 aromatic rings. The number of hydrogen-bond donors (Lipinski definition) is 0. The zero-order valence-electron chi connectivity index (χ0n) is 19.3. The van der Waals surface area contributed by atoms with Crippen molar-refractivity contribution >= 4 is 45.2 Å². The van der Waals surface area contributed by atoms with Gasteiger partial charge in [-0.15, -0.1) is 0 Å². The fourth-order valence-corrected chi connectivity index (χ4v) is 4.96. The first-order valence-corrected chi connectivity index (χ1v) is 12.2. The van der Waals surface area contributed by atoms with E-state index in [1.54, 1.807) is 0 Å². The minimum absolute atomic E-state index is 0.749. The maximum Gasteiger partial charge on any atom is 0.0541 e. The fraction of sp³-hybridized carbons (Fsp3) is 0.0303. The highest BCUT2D eigenvalue weighted by Gasteiger charge is 2.15. The molecule has 1 aliphatic carbocycles. The molecule has 0 N–H and O–H groups in total. The van der Waals surface area contributed by atoms with E-state index >= 15 is 0 Å². The summed E-state index contributed by atoms with van der Waals surface area (Å²) >= 11 is 6.14. The van der Waals surface area contributed by atoms with E-state index in [0.29, 0.717) is 0 Å². The highest BCUT2D eigenvalue weighted by atomic mass is 35.5. The van der Waals surface area contributed by atoms with Crippen molar-refractivity contribution in [2.24, 2.45) is 0 Å². The number of halogens is 1. The summed E-state index contributed by atoms with van der Waals surface area (Å²) in [6.07, 6.45) is 13.8. The van der Waals surface area contributed by atoms with Gasteiger partial charge >= 0.3 is 0 Å². The van der Waals surface area contributed by atoms with Crippen molar-refractivity contribution in [3.8, 4) is 22.3 Å². The van der Waals surface area contributed by atoms with Gasteiger partial charge in [0.1, 0.15) is 0 Å². The van der Waals surface area contributed by atoms with Crippen molar-refractivity contribution in [1.82, 2.24) is 4.57 Å². The number of aromatic nitrogens is 1. The summed E-state index contributed by atoms with van der Waals surface area (Å²) in [6, 6.07) is 30.1. The number of fused-ring (bicyclic) bond motifs is 3. The van der Waals surface area contributed by atoms with E-state index < -0.39 is 0 Å². The Balaban J connectivity index is 1.61. The summed E-state index contributed by atoms with van der Waals surface area (Å²) in [4.78, 5) is 0. The number of nitrogens with zero attached hydrogens (tertiary/aromatic N) is 1. The normalized spacial score (nSPS) is 13.2. The Morgan fingerprint density at radius 3 is 1.86 bits per heavy atom. The quantitative estimate of drug-likeness (QED) is 0.247. The lowest BCUT2D eigenvalue weighted by atomic mass is 10.00. The van der Waals surface area contributed by atoms with Crippen molar-refractivity contribution in [1.29, 1.82) is 0 Å². The molecule has 4 aromatic carbocycles. The molecular formula is C33H24ClN. The van der Waals surface area contributed by atoms with Gasteiger partial charge in [0, 0.05) is 21.5 Å². The molecule has 0 unspecified atom stereocenters. The number of benzene rings is 4. The van der Waals surface area contributed by atoms with Gasteiger partial charge in [0.05, 0.1) is 11.0 Å².